The Morgan fingerprint density at radius 3 is 1.82 bits per heavy atom. The first-order chi connectivity index (χ1) is 8.15. The second-order valence-corrected chi connectivity index (χ2v) is 4.42. The van der Waals surface area contributed by atoms with Crippen LogP contribution in [-0.2, 0) is 6.42 Å². The SMILES string of the molecule is CC(=O)c1ccc(Cc2ccc(C)cc2)cc1. The van der Waals surface area contributed by atoms with Crippen molar-refractivity contribution in [2.45, 2.75) is 20.3 Å². The highest BCUT2D eigenvalue weighted by Crippen LogP contribution is 2.12. The molecule has 0 saturated heterocycles. The van der Waals surface area contributed by atoms with E-state index in [9.17, 15) is 4.79 Å². The highest BCUT2D eigenvalue weighted by molar-refractivity contribution is 5.94. The zero-order valence-corrected chi connectivity index (χ0v) is 10.2. The Morgan fingerprint density at radius 2 is 1.35 bits per heavy atom. The van der Waals surface area contributed by atoms with Gasteiger partial charge in [-0.1, -0.05) is 54.1 Å². The molecule has 1 heteroatoms. The molecule has 0 aliphatic rings. The number of hydrogen-bond acceptors (Lipinski definition) is 1. The zero-order chi connectivity index (χ0) is 12.3. The van der Waals surface area contributed by atoms with Crippen LogP contribution in [0.25, 0.3) is 0 Å². The third kappa shape index (κ3) is 3.04. The molecule has 0 aliphatic carbocycles. The fraction of sp³-hybridized carbons (Fsp3) is 0.188. The van der Waals surface area contributed by atoms with Gasteiger partial charge in [0.25, 0.3) is 0 Å². The number of rotatable bonds is 3. The van der Waals surface area contributed by atoms with E-state index in [1.54, 1.807) is 6.92 Å². The van der Waals surface area contributed by atoms with E-state index in [-0.39, 0.29) is 5.78 Å². The van der Waals surface area contributed by atoms with Crippen molar-refractivity contribution < 1.29 is 4.79 Å². The molecular weight excluding hydrogens is 208 g/mol. The lowest BCUT2D eigenvalue weighted by Crippen LogP contribution is -1.93. The van der Waals surface area contributed by atoms with Gasteiger partial charge in [-0.2, -0.15) is 0 Å². The number of ketones is 1. The molecule has 0 radical (unpaired) electrons. The van der Waals surface area contributed by atoms with Gasteiger partial charge in [-0.15, -0.1) is 0 Å². The monoisotopic (exact) mass is 224 g/mol. The Hall–Kier alpha value is -1.89. The van der Waals surface area contributed by atoms with Gasteiger partial charge in [0.15, 0.2) is 5.78 Å². The van der Waals surface area contributed by atoms with E-state index in [0.29, 0.717) is 0 Å². The van der Waals surface area contributed by atoms with Crippen molar-refractivity contribution in [1.29, 1.82) is 0 Å². The molecule has 86 valence electrons. The zero-order valence-electron chi connectivity index (χ0n) is 10.2. The lowest BCUT2D eigenvalue weighted by atomic mass is 10.0. The summed E-state index contributed by atoms with van der Waals surface area (Å²) in [5.41, 5.74) is 4.59. The predicted molar refractivity (Wildman–Crippen MR) is 70.4 cm³/mol. The van der Waals surface area contributed by atoms with Gasteiger partial charge in [-0.3, -0.25) is 4.79 Å². The van der Waals surface area contributed by atoms with Gasteiger partial charge in [0.05, 0.1) is 0 Å². The van der Waals surface area contributed by atoms with Crippen LogP contribution in [0.2, 0.25) is 0 Å². The minimum atomic E-state index is 0.117. The first-order valence-electron chi connectivity index (χ1n) is 5.80. The average molecular weight is 224 g/mol. The summed E-state index contributed by atoms with van der Waals surface area (Å²) >= 11 is 0. The highest BCUT2D eigenvalue weighted by atomic mass is 16.1. The molecule has 0 spiro atoms. The Kier molecular flexibility index (Phi) is 3.38. The van der Waals surface area contributed by atoms with E-state index >= 15 is 0 Å². The Labute approximate surface area is 102 Å². The largest absolute Gasteiger partial charge is 0.295 e. The third-order valence-electron chi connectivity index (χ3n) is 2.89. The van der Waals surface area contributed by atoms with Crippen molar-refractivity contribution in [1.82, 2.24) is 0 Å². The van der Waals surface area contributed by atoms with E-state index in [0.717, 1.165) is 12.0 Å². The second kappa shape index (κ2) is 4.96. The quantitative estimate of drug-likeness (QED) is 0.725. The normalized spacial score (nSPS) is 10.2. The van der Waals surface area contributed by atoms with Crippen LogP contribution < -0.4 is 0 Å². The van der Waals surface area contributed by atoms with Gasteiger partial charge in [0.1, 0.15) is 0 Å². The molecular formula is C16H16O. The smallest absolute Gasteiger partial charge is 0.159 e. The summed E-state index contributed by atoms with van der Waals surface area (Å²) < 4.78 is 0. The van der Waals surface area contributed by atoms with Crippen molar-refractivity contribution in [3.05, 3.63) is 70.8 Å². The molecule has 1 nitrogen and oxygen atoms in total. The lowest BCUT2D eigenvalue weighted by Gasteiger charge is -2.03. The molecule has 2 aromatic carbocycles. The third-order valence-corrected chi connectivity index (χ3v) is 2.89. The van der Waals surface area contributed by atoms with Crippen LogP contribution in [0.1, 0.15) is 34.0 Å². The predicted octanol–water partition coefficient (Wildman–Crippen LogP) is 3.79. The molecule has 0 aromatic heterocycles. The Morgan fingerprint density at radius 1 is 0.882 bits per heavy atom. The van der Waals surface area contributed by atoms with Gasteiger partial charge in [-0.25, -0.2) is 0 Å². The minimum absolute atomic E-state index is 0.117. The fourth-order valence-corrected chi connectivity index (χ4v) is 1.80. The molecule has 0 heterocycles. The first-order valence-corrected chi connectivity index (χ1v) is 5.80. The van der Waals surface area contributed by atoms with Gasteiger partial charge in [-0.05, 0) is 31.4 Å². The number of carbonyl (C=O) groups excluding carboxylic acids is 1. The number of aryl methyl sites for hydroxylation is 1. The van der Waals surface area contributed by atoms with Crippen molar-refractivity contribution in [2.24, 2.45) is 0 Å². The highest BCUT2D eigenvalue weighted by Gasteiger charge is 2.00. The minimum Gasteiger partial charge on any atom is -0.295 e. The van der Waals surface area contributed by atoms with Crippen LogP contribution in [-0.4, -0.2) is 5.78 Å². The van der Waals surface area contributed by atoms with Crippen LogP contribution in [0.3, 0.4) is 0 Å². The molecule has 0 amide bonds. The molecule has 2 rings (SSSR count). The standard InChI is InChI=1S/C16H16O/c1-12-3-5-14(6-4-12)11-15-7-9-16(10-8-15)13(2)17/h3-10H,11H2,1-2H3. The van der Waals surface area contributed by atoms with E-state index in [2.05, 4.69) is 31.2 Å². The number of Topliss-reactive ketones (excluding diaryl/α,β-unsaturated/α-hetero) is 1. The molecule has 0 N–H and O–H groups in total. The Balaban J connectivity index is 2.13. The van der Waals surface area contributed by atoms with Crippen molar-refractivity contribution in [3.8, 4) is 0 Å². The topological polar surface area (TPSA) is 17.1 Å². The van der Waals surface area contributed by atoms with Crippen molar-refractivity contribution in [3.63, 3.8) is 0 Å². The van der Waals surface area contributed by atoms with Crippen LogP contribution in [0.15, 0.2) is 48.5 Å². The lowest BCUT2D eigenvalue weighted by molar-refractivity contribution is 0.101. The first kappa shape index (κ1) is 11.6. The van der Waals surface area contributed by atoms with E-state index < -0.39 is 0 Å². The number of hydrogen-bond donors (Lipinski definition) is 0. The molecule has 17 heavy (non-hydrogen) atoms. The van der Waals surface area contributed by atoms with Gasteiger partial charge in [0.2, 0.25) is 0 Å². The van der Waals surface area contributed by atoms with Crippen molar-refractivity contribution in [2.75, 3.05) is 0 Å². The fourth-order valence-electron chi connectivity index (χ4n) is 1.80. The molecule has 0 fully saturated rings. The molecule has 0 atom stereocenters. The second-order valence-electron chi connectivity index (χ2n) is 4.42. The van der Waals surface area contributed by atoms with Crippen LogP contribution in [0.4, 0.5) is 0 Å². The average Bonchev–Trinajstić information content (AvgIpc) is 2.33. The van der Waals surface area contributed by atoms with E-state index in [4.69, 9.17) is 0 Å². The molecule has 2 aromatic rings. The molecule has 0 unspecified atom stereocenters. The van der Waals surface area contributed by atoms with Crippen LogP contribution >= 0.6 is 0 Å². The summed E-state index contributed by atoms with van der Waals surface area (Å²) in [5, 5.41) is 0. The maximum Gasteiger partial charge on any atom is 0.159 e. The summed E-state index contributed by atoms with van der Waals surface area (Å²) in [5.74, 6) is 0.117. The van der Waals surface area contributed by atoms with Gasteiger partial charge in [0, 0.05) is 5.56 Å². The number of benzene rings is 2. The van der Waals surface area contributed by atoms with Gasteiger partial charge < -0.3 is 0 Å². The van der Waals surface area contributed by atoms with E-state index in [1.165, 1.54) is 16.7 Å². The maximum atomic E-state index is 11.2. The van der Waals surface area contributed by atoms with E-state index in [1.807, 2.05) is 24.3 Å². The molecule has 0 bridgehead atoms. The summed E-state index contributed by atoms with van der Waals surface area (Å²) in [7, 11) is 0. The molecule has 0 saturated carbocycles. The summed E-state index contributed by atoms with van der Waals surface area (Å²) in [6, 6.07) is 16.4. The van der Waals surface area contributed by atoms with Crippen molar-refractivity contribution >= 4 is 5.78 Å². The Bertz CT molecular complexity index is 506. The van der Waals surface area contributed by atoms with Crippen LogP contribution in [0.5, 0.6) is 0 Å². The van der Waals surface area contributed by atoms with Gasteiger partial charge >= 0.3 is 0 Å². The molecule has 0 aliphatic heterocycles. The summed E-state index contributed by atoms with van der Waals surface area (Å²) in [6.45, 7) is 3.68. The summed E-state index contributed by atoms with van der Waals surface area (Å²) in [6.07, 6.45) is 0.915. The maximum absolute atomic E-state index is 11.2. The van der Waals surface area contributed by atoms with Crippen LogP contribution in [0, 0.1) is 6.92 Å². The number of carbonyl (C=O) groups is 1. The summed E-state index contributed by atoms with van der Waals surface area (Å²) in [4.78, 5) is 11.2.